The summed E-state index contributed by atoms with van der Waals surface area (Å²) in [7, 11) is 1.31. The molecule has 1 N–H and O–H groups in total. The third kappa shape index (κ3) is 10.9. The Morgan fingerprint density at radius 1 is 1.16 bits per heavy atom. The van der Waals surface area contributed by atoms with Gasteiger partial charge in [-0.25, -0.2) is 9.59 Å². The highest BCUT2D eigenvalue weighted by atomic mass is 79.9. The number of carbonyl (C=O) groups is 3. The third-order valence-electron chi connectivity index (χ3n) is 4.30. The van der Waals surface area contributed by atoms with Crippen molar-refractivity contribution >= 4 is 34.6 Å². The van der Waals surface area contributed by atoms with Crippen LogP contribution in [0.2, 0.25) is 0 Å². The number of carboxylic acid groups (broad SMARTS) is 1. The fraction of sp³-hybridized carbons (Fsp3) is 0.591. The van der Waals surface area contributed by atoms with E-state index in [-0.39, 0.29) is 11.7 Å². The second-order valence-corrected chi connectivity index (χ2v) is 8.75. The van der Waals surface area contributed by atoms with Crippen molar-refractivity contribution in [2.75, 3.05) is 33.3 Å². The molecule has 0 aromatic carbocycles. The van der Waals surface area contributed by atoms with E-state index in [1.807, 2.05) is 20.8 Å². The Hall–Kier alpha value is -2.47. The van der Waals surface area contributed by atoms with Crippen LogP contribution >= 0.6 is 15.9 Å². The maximum atomic E-state index is 11.4. The van der Waals surface area contributed by atoms with E-state index in [1.54, 1.807) is 4.90 Å². The van der Waals surface area contributed by atoms with Gasteiger partial charge in [-0.1, -0.05) is 22.0 Å². The molecule has 1 aliphatic carbocycles. The Morgan fingerprint density at radius 2 is 1.71 bits per heavy atom. The van der Waals surface area contributed by atoms with Gasteiger partial charge in [0.05, 0.1) is 13.7 Å². The van der Waals surface area contributed by atoms with Gasteiger partial charge in [-0.3, -0.25) is 9.69 Å². The lowest BCUT2D eigenvalue weighted by Crippen LogP contribution is -2.34. The van der Waals surface area contributed by atoms with Crippen molar-refractivity contribution < 1.29 is 29.0 Å². The van der Waals surface area contributed by atoms with E-state index in [0.717, 1.165) is 38.8 Å². The van der Waals surface area contributed by atoms with Crippen LogP contribution in [0, 0.1) is 12.8 Å². The minimum atomic E-state index is -0.830. The highest BCUT2D eigenvalue weighted by molar-refractivity contribution is 9.11. The molecule has 2 heterocycles. The molecule has 2 aliphatic heterocycles. The number of fused-ring (bicyclic) bond motifs is 1. The highest BCUT2D eigenvalue weighted by Gasteiger charge is 2.28. The molecule has 0 aromatic heterocycles. The second-order valence-electron chi connectivity index (χ2n) is 7.80. The van der Waals surface area contributed by atoms with Gasteiger partial charge in [-0.2, -0.15) is 0 Å². The average Bonchev–Trinajstić information content (AvgIpc) is 3.40. The molecule has 3 aliphatic rings. The number of ether oxygens (including phenoxy) is 2. The van der Waals surface area contributed by atoms with Crippen molar-refractivity contribution in [3.05, 3.63) is 21.7 Å². The fourth-order valence-electron chi connectivity index (χ4n) is 2.98. The zero-order chi connectivity index (χ0) is 24.0. The number of hydrogen-bond donors (Lipinski definition) is 1. The van der Waals surface area contributed by atoms with Crippen LogP contribution in [0.25, 0.3) is 0 Å². The minimum Gasteiger partial charge on any atom is -0.471 e. The zero-order valence-corrected chi connectivity index (χ0v) is 20.3. The van der Waals surface area contributed by atoms with Gasteiger partial charge >= 0.3 is 12.2 Å². The summed E-state index contributed by atoms with van der Waals surface area (Å²) in [6, 6.07) is 0. The van der Waals surface area contributed by atoms with Gasteiger partial charge < -0.3 is 19.5 Å². The lowest BCUT2D eigenvalue weighted by atomic mass is 10.0. The Morgan fingerprint density at radius 3 is 2.13 bits per heavy atom. The van der Waals surface area contributed by atoms with E-state index in [4.69, 9.17) is 14.6 Å². The summed E-state index contributed by atoms with van der Waals surface area (Å²) in [5.74, 6) is 0. The second kappa shape index (κ2) is 14.5. The molecule has 2 saturated heterocycles. The van der Waals surface area contributed by atoms with Crippen LogP contribution in [0.5, 0.6) is 0 Å². The largest absolute Gasteiger partial charge is 0.471 e. The first-order valence-corrected chi connectivity index (χ1v) is 10.7. The van der Waals surface area contributed by atoms with Gasteiger partial charge in [0.2, 0.25) is 0 Å². The van der Waals surface area contributed by atoms with Crippen molar-refractivity contribution in [1.82, 2.24) is 9.80 Å². The summed E-state index contributed by atoms with van der Waals surface area (Å²) in [5, 5.41) is 8.81. The molecule has 0 atom stereocenters. The monoisotopic (exact) mass is 500 g/mol. The summed E-state index contributed by atoms with van der Waals surface area (Å²) in [6.45, 7) is 8.86. The molecule has 8 nitrogen and oxygen atoms in total. The quantitative estimate of drug-likeness (QED) is 0.423. The van der Waals surface area contributed by atoms with Crippen LogP contribution in [-0.4, -0.2) is 72.5 Å². The summed E-state index contributed by atoms with van der Waals surface area (Å²) in [4.78, 5) is 34.2. The van der Waals surface area contributed by atoms with E-state index < -0.39 is 6.09 Å². The van der Waals surface area contributed by atoms with Crippen LogP contribution in [-0.2, 0) is 14.3 Å². The number of halogens is 1. The predicted molar refractivity (Wildman–Crippen MR) is 123 cm³/mol. The Kier molecular flexibility index (Phi) is 13.4. The molecule has 0 bridgehead atoms. The Bertz CT molecular complexity index is 688. The molecule has 0 spiro atoms. The molecule has 9 heteroatoms. The molecule has 0 aromatic rings. The van der Waals surface area contributed by atoms with Crippen molar-refractivity contribution in [2.45, 2.75) is 52.1 Å². The van der Waals surface area contributed by atoms with Gasteiger partial charge in [0.15, 0.2) is 0 Å². The van der Waals surface area contributed by atoms with E-state index >= 15 is 0 Å². The molecule has 0 radical (unpaired) electrons. The average molecular weight is 501 g/mol. The van der Waals surface area contributed by atoms with Gasteiger partial charge in [-0.15, -0.1) is 12.8 Å². The Balaban J connectivity index is 0.000000466. The first-order valence-electron chi connectivity index (χ1n) is 9.91. The van der Waals surface area contributed by atoms with Gasteiger partial charge in [0.25, 0.3) is 6.47 Å². The van der Waals surface area contributed by atoms with Crippen LogP contribution in [0.1, 0.15) is 46.5 Å². The molecule has 0 unspecified atom stereocenters. The number of allylic oxidation sites excluding steroid dienone is 2. The number of amides is 2. The smallest absolute Gasteiger partial charge is 0.410 e. The maximum Gasteiger partial charge on any atom is 0.410 e. The normalized spacial score (nSPS) is 16.8. The predicted octanol–water partition coefficient (Wildman–Crippen LogP) is 4.41. The molecule has 3 rings (SSSR count). The van der Waals surface area contributed by atoms with Crippen LogP contribution in [0.3, 0.4) is 0 Å². The molecule has 31 heavy (non-hydrogen) atoms. The molecule has 0 saturated carbocycles. The van der Waals surface area contributed by atoms with E-state index in [0.29, 0.717) is 19.6 Å². The number of terminal acetylenes is 1. The number of rotatable bonds is 1. The van der Waals surface area contributed by atoms with Crippen LogP contribution in [0.15, 0.2) is 21.7 Å². The van der Waals surface area contributed by atoms with Crippen molar-refractivity contribution in [3.63, 3.8) is 0 Å². The number of likely N-dealkylation sites (tertiary alicyclic amines) is 2. The molecular formula is C22H33BrN2O6. The SMILES string of the molecule is C#C.CC(C)(C)OC(=O)N1CCCC1.COC=O.O=C(O)N1CC2=CCCC(Br)=C2C1. The molecule has 2 fully saturated rings. The number of carbonyl (C=O) groups excluding carboxylic acids is 2. The van der Waals surface area contributed by atoms with Gasteiger partial charge in [-0.05, 0) is 57.6 Å². The van der Waals surface area contributed by atoms with E-state index in [2.05, 4.69) is 39.6 Å². The number of nitrogens with zero attached hydrogens (tertiary/aromatic N) is 2. The first kappa shape index (κ1) is 28.5. The Labute approximate surface area is 193 Å². The molecular weight excluding hydrogens is 468 g/mol. The van der Waals surface area contributed by atoms with Gasteiger partial charge in [0, 0.05) is 24.1 Å². The third-order valence-corrected chi connectivity index (χ3v) is 5.18. The van der Waals surface area contributed by atoms with E-state index in [1.165, 1.54) is 27.6 Å². The molecule has 174 valence electrons. The summed E-state index contributed by atoms with van der Waals surface area (Å²) >= 11 is 3.49. The lowest BCUT2D eigenvalue weighted by Gasteiger charge is -2.23. The number of hydrogen-bond acceptors (Lipinski definition) is 5. The topological polar surface area (TPSA) is 96.4 Å². The molecule has 2 amide bonds. The fourth-order valence-corrected chi connectivity index (χ4v) is 3.59. The first-order chi connectivity index (χ1) is 14.6. The van der Waals surface area contributed by atoms with Crippen molar-refractivity contribution in [2.24, 2.45) is 0 Å². The van der Waals surface area contributed by atoms with E-state index in [9.17, 15) is 9.59 Å². The maximum absolute atomic E-state index is 11.4. The summed E-state index contributed by atoms with van der Waals surface area (Å²) in [5.41, 5.74) is 1.99. The van der Waals surface area contributed by atoms with Crippen LogP contribution < -0.4 is 0 Å². The summed E-state index contributed by atoms with van der Waals surface area (Å²) < 4.78 is 10.2. The standard InChI is InChI=1S/C9H10BrNO2.C9H17NO2.C2H4O2.C2H2/c10-8-3-1-2-6-4-11(9(12)13)5-7(6)8;1-9(2,3)12-8(11)10-6-4-5-7-10;1-4-2-3;1-2/h2H,1,3-5H2,(H,12,13);4-7H2,1-3H3;2H,1H3;1-2H. The van der Waals surface area contributed by atoms with Gasteiger partial charge in [0.1, 0.15) is 5.60 Å². The number of methoxy groups -OCH3 is 1. The minimum absolute atomic E-state index is 0.167. The zero-order valence-electron chi connectivity index (χ0n) is 18.7. The highest BCUT2D eigenvalue weighted by Crippen LogP contribution is 2.34. The van der Waals surface area contributed by atoms with Crippen LogP contribution in [0.4, 0.5) is 9.59 Å². The lowest BCUT2D eigenvalue weighted by molar-refractivity contribution is -0.126. The van der Waals surface area contributed by atoms with Crippen molar-refractivity contribution in [1.29, 1.82) is 0 Å². The van der Waals surface area contributed by atoms with Crippen molar-refractivity contribution in [3.8, 4) is 12.8 Å². The summed E-state index contributed by atoms with van der Waals surface area (Å²) in [6.07, 6.45) is 13.4.